The van der Waals surface area contributed by atoms with Crippen molar-refractivity contribution >= 4 is 45.3 Å². The van der Waals surface area contributed by atoms with E-state index in [-0.39, 0.29) is 17.2 Å². The van der Waals surface area contributed by atoms with Gasteiger partial charge in [-0.2, -0.15) is 0 Å². The van der Waals surface area contributed by atoms with Gasteiger partial charge in [0.15, 0.2) is 21.5 Å². The number of carbonyl (C=O) groups is 1. The van der Waals surface area contributed by atoms with E-state index >= 15 is 0 Å². The van der Waals surface area contributed by atoms with Crippen LogP contribution in [0.25, 0.3) is 11.2 Å². The van der Waals surface area contributed by atoms with Gasteiger partial charge in [-0.25, -0.2) is 14.8 Å². The van der Waals surface area contributed by atoms with Gasteiger partial charge in [0.05, 0.1) is 5.75 Å². The average Bonchev–Trinajstić information content (AvgIpc) is 3.25. The molecule has 0 aliphatic rings. The zero-order valence-electron chi connectivity index (χ0n) is 14.6. The molecular formula is C15H18N6O3S2. The smallest absolute Gasteiger partial charge is 0.313 e. The van der Waals surface area contributed by atoms with E-state index < -0.39 is 5.69 Å². The molecule has 1 N–H and O–H groups in total. The Morgan fingerprint density at radius 2 is 2.08 bits per heavy atom. The van der Waals surface area contributed by atoms with Gasteiger partial charge in [-0.05, 0) is 6.42 Å². The molecule has 11 heteroatoms. The molecule has 3 aromatic rings. The number of carbonyl (C=O) groups excluding carboxylic acids is 1. The van der Waals surface area contributed by atoms with E-state index in [9.17, 15) is 14.4 Å². The minimum atomic E-state index is -0.429. The van der Waals surface area contributed by atoms with Crippen LogP contribution >= 0.6 is 23.1 Å². The summed E-state index contributed by atoms with van der Waals surface area (Å²) in [5.74, 6) is -0.0808. The van der Waals surface area contributed by atoms with E-state index in [1.165, 1.54) is 34.7 Å². The Hall–Kier alpha value is -2.40. The maximum absolute atomic E-state index is 12.6. The van der Waals surface area contributed by atoms with Gasteiger partial charge in [-0.1, -0.05) is 18.7 Å². The minimum Gasteiger partial charge on any atom is -0.313 e. The number of anilines is 1. The molecule has 0 atom stereocenters. The molecule has 0 radical (unpaired) electrons. The number of aryl methyl sites for hydroxylation is 2. The number of nitrogens with zero attached hydrogens (tertiary/aromatic N) is 5. The van der Waals surface area contributed by atoms with Gasteiger partial charge in [0.2, 0.25) is 5.91 Å². The van der Waals surface area contributed by atoms with Gasteiger partial charge in [0.1, 0.15) is 0 Å². The Balaban J connectivity index is 1.95. The molecule has 0 saturated carbocycles. The van der Waals surface area contributed by atoms with Crippen molar-refractivity contribution in [3.63, 3.8) is 0 Å². The SMILES string of the molecule is CCCn1c(SCC(=O)Nc2nccs2)nc2c1c(=O)n(C)c(=O)n2C. The van der Waals surface area contributed by atoms with Crippen LogP contribution in [0.5, 0.6) is 0 Å². The largest absolute Gasteiger partial charge is 0.332 e. The van der Waals surface area contributed by atoms with Gasteiger partial charge < -0.3 is 9.88 Å². The summed E-state index contributed by atoms with van der Waals surface area (Å²) in [6.45, 7) is 2.56. The molecular weight excluding hydrogens is 376 g/mol. The topological polar surface area (TPSA) is 104 Å². The second kappa shape index (κ2) is 7.46. The second-order valence-corrected chi connectivity index (χ2v) is 7.44. The summed E-state index contributed by atoms with van der Waals surface area (Å²) in [7, 11) is 3.03. The summed E-state index contributed by atoms with van der Waals surface area (Å²) in [5, 5.41) is 5.56. The first kappa shape index (κ1) is 18.4. The summed E-state index contributed by atoms with van der Waals surface area (Å²) in [6, 6.07) is 0. The summed E-state index contributed by atoms with van der Waals surface area (Å²) >= 11 is 2.56. The lowest BCUT2D eigenvalue weighted by Gasteiger charge is -2.07. The number of thioether (sulfide) groups is 1. The Labute approximate surface area is 156 Å². The third-order valence-corrected chi connectivity index (χ3v) is 5.44. The molecule has 0 unspecified atom stereocenters. The number of thiazole rings is 1. The van der Waals surface area contributed by atoms with Crippen LogP contribution in [0.3, 0.4) is 0 Å². The monoisotopic (exact) mass is 394 g/mol. The fraction of sp³-hybridized carbons (Fsp3) is 0.400. The average molecular weight is 394 g/mol. The zero-order valence-corrected chi connectivity index (χ0v) is 16.2. The molecule has 0 aliphatic heterocycles. The van der Waals surface area contributed by atoms with Crippen molar-refractivity contribution in [3.05, 3.63) is 32.4 Å². The number of hydrogen-bond donors (Lipinski definition) is 1. The number of hydrogen-bond acceptors (Lipinski definition) is 7. The molecule has 3 aromatic heterocycles. The number of aromatic nitrogens is 5. The second-order valence-electron chi connectivity index (χ2n) is 5.60. The molecule has 0 aliphatic carbocycles. The lowest BCUT2D eigenvalue weighted by molar-refractivity contribution is -0.113. The van der Waals surface area contributed by atoms with Crippen LogP contribution in [0.1, 0.15) is 13.3 Å². The highest BCUT2D eigenvalue weighted by atomic mass is 32.2. The van der Waals surface area contributed by atoms with Crippen LogP contribution in [0.4, 0.5) is 5.13 Å². The predicted octanol–water partition coefficient (Wildman–Crippen LogP) is 1.03. The van der Waals surface area contributed by atoms with Crippen molar-refractivity contribution < 1.29 is 4.79 Å². The Morgan fingerprint density at radius 1 is 1.31 bits per heavy atom. The number of fused-ring (bicyclic) bond motifs is 1. The molecule has 1 amide bonds. The lowest BCUT2D eigenvalue weighted by atomic mass is 10.4. The number of nitrogens with one attached hydrogen (secondary N) is 1. The Bertz CT molecular complexity index is 1060. The van der Waals surface area contributed by atoms with Crippen LogP contribution in [0.15, 0.2) is 26.3 Å². The van der Waals surface area contributed by atoms with E-state index in [1.54, 1.807) is 23.2 Å². The van der Waals surface area contributed by atoms with Gasteiger partial charge in [0.25, 0.3) is 5.56 Å². The normalized spacial score (nSPS) is 11.2. The molecule has 0 bridgehead atoms. The van der Waals surface area contributed by atoms with Gasteiger partial charge in [0, 0.05) is 32.2 Å². The number of imidazole rings is 1. The fourth-order valence-corrected chi connectivity index (χ4v) is 3.91. The molecule has 138 valence electrons. The predicted molar refractivity (Wildman–Crippen MR) is 102 cm³/mol. The van der Waals surface area contributed by atoms with Crippen LogP contribution in [-0.4, -0.2) is 35.3 Å². The summed E-state index contributed by atoms with van der Waals surface area (Å²) < 4.78 is 4.20. The first-order valence-corrected chi connectivity index (χ1v) is 9.79. The number of rotatable bonds is 6. The van der Waals surface area contributed by atoms with Crippen LogP contribution in [0.2, 0.25) is 0 Å². The molecule has 0 saturated heterocycles. The van der Waals surface area contributed by atoms with Crippen molar-refractivity contribution in [1.29, 1.82) is 0 Å². The summed E-state index contributed by atoms with van der Waals surface area (Å²) in [4.78, 5) is 45.2. The van der Waals surface area contributed by atoms with Crippen molar-refractivity contribution in [1.82, 2.24) is 23.7 Å². The third-order valence-electron chi connectivity index (χ3n) is 3.77. The van der Waals surface area contributed by atoms with E-state index in [2.05, 4.69) is 15.3 Å². The maximum atomic E-state index is 12.6. The zero-order chi connectivity index (χ0) is 18.8. The first-order valence-electron chi connectivity index (χ1n) is 7.92. The molecule has 0 fully saturated rings. The van der Waals surface area contributed by atoms with Gasteiger partial charge in [-0.15, -0.1) is 11.3 Å². The number of amides is 1. The van der Waals surface area contributed by atoms with E-state index in [1.807, 2.05) is 6.92 Å². The fourth-order valence-electron chi connectivity index (χ4n) is 2.54. The standard InChI is InChI=1S/C15H18N6O3S2/c1-4-6-21-10-11(19(2)15(24)20(3)12(10)23)18-14(21)26-8-9(22)17-13-16-5-7-25-13/h5,7H,4,6,8H2,1-3H3,(H,16,17,22). The van der Waals surface area contributed by atoms with E-state index in [0.29, 0.717) is 28.0 Å². The molecule has 3 rings (SSSR count). The first-order chi connectivity index (χ1) is 12.4. The van der Waals surface area contributed by atoms with Gasteiger partial charge in [-0.3, -0.25) is 18.7 Å². The van der Waals surface area contributed by atoms with Gasteiger partial charge >= 0.3 is 5.69 Å². The molecule has 26 heavy (non-hydrogen) atoms. The highest BCUT2D eigenvalue weighted by molar-refractivity contribution is 7.99. The van der Waals surface area contributed by atoms with Crippen molar-refractivity contribution in [3.8, 4) is 0 Å². The molecule has 3 heterocycles. The summed E-state index contributed by atoms with van der Waals surface area (Å²) in [5.41, 5.74) is -0.112. The van der Waals surface area contributed by atoms with Crippen molar-refractivity contribution in [2.45, 2.75) is 25.0 Å². The highest BCUT2D eigenvalue weighted by Crippen LogP contribution is 2.22. The third kappa shape index (κ3) is 3.31. The van der Waals surface area contributed by atoms with E-state index in [4.69, 9.17) is 0 Å². The maximum Gasteiger partial charge on any atom is 0.332 e. The van der Waals surface area contributed by atoms with Crippen LogP contribution < -0.4 is 16.6 Å². The highest BCUT2D eigenvalue weighted by Gasteiger charge is 2.19. The molecule has 0 spiro atoms. The van der Waals surface area contributed by atoms with E-state index in [0.717, 1.165) is 11.0 Å². The minimum absolute atomic E-state index is 0.126. The summed E-state index contributed by atoms with van der Waals surface area (Å²) in [6.07, 6.45) is 2.40. The Morgan fingerprint density at radius 3 is 2.73 bits per heavy atom. The lowest BCUT2D eigenvalue weighted by Crippen LogP contribution is -2.37. The van der Waals surface area contributed by atoms with Crippen LogP contribution in [-0.2, 0) is 25.4 Å². The molecule has 9 nitrogen and oxygen atoms in total. The van der Waals surface area contributed by atoms with Crippen LogP contribution in [0, 0.1) is 0 Å². The molecule has 0 aromatic carbocycles. The Kier molecular flexibility index (Phi) is 5.28. The van der Waals surface area contributed by atoms with Crippen molar-refractivity contribution in [2.24, 2.45) is 14.1 Å². The van der Waals surface area contributed by atoms with Crippen molar-refractivity contribution in [2.75, 3.05) is 11.1 Å². The quantitative estimate of drug-likeness (QED) is 0.626.